The van der Waals surface area contributed by atoms with Gasteiger partial charge in [0.05, 0.1) is 18.3 Å². The number of amides is 3. The van der Waals surface area contributed by atoms with E-state index in [0.29, 0.717) is 30.3 Å². The number of carbonyl (C=O) groups is 2. The maximum Gasteiger partial charge on any atom is 0.322 e. The van der Waals surface area contributed by atoms with E-state index in [4.69, 9.17) is 4.74 Å². The van der Waals surface area contributed by atoms with Gasteiger partial charge in [0.2, 0.25) is 5.91 Å². The van der Waals surface area contributed by atoms with Crippen molar-refractivity contribution in [1.29, 1.82) is 0 Å². The average molecular weight is 424 g/mol. The van der Waals surface area contributed by atoms with Crippen molar-refractivity contribution >= 4 is 23.3 Å². The minimum Gasteiger partial charge on any atom is -0.490 e. The maximum atomic E-state index is 13.1. The summed E-state index contributed by atoms with van der Waals surface area (Å²) >= 11 is 0. The molecular weight excluding hydrogens is 390 g/mol. The largest absolute Gasteiger partial charge is 0.490 e. The van der Waals surface area contributed by atoms with E-state index in [9.17, 15) is 9.59 Å². The summed E-state index contributed by atoms with van der Waals surface area (Å²) in [6.07, 6.45) is 0. The van der Waals surface area contributed by atoms with Crippen LogP contribution >= 0.6 is 0 Å². The zero-order valence-corrected chi connectivity index (χ0v) is 19.3. The van der Waals surface area contributed by atoms with Crippen molar-refractivity contribution < 1.29 is 14.3 Å². The molecule has 0 bridgehead atoms. The van der Waals surface area contributed by atoms with Crippen molar-refractivity contribution in [2.24, 2.45) is 11.3 Å². The summed E-state index contributed by atoms with van der Waals surface area (Å²) in [5, 5.41) is 2.99. The molecule has 1 heterocycles. The first-order chi connectivity index (χ1) is 14.6. The van der Waals surface area contributed by atoms with Crippen LogP contribution in [0.25, 0.3) is 0 Å². The Kier molecular flexibility index (Phi) is 6.58. The predicted molar refractivity (Wildman–Crippen MR) is 125 cm³/mol. The molecule has 3 rings (SSSR count). The van der Waals surface area contributed by atoms with Crippen molar-refractivity contribution in [3.05, 3.63) is 54.1 Å². The Labute approximate surface area is 185 Å². The molecule has 0 aromatic heterocycles. The first kappa shape index (κ1) is 22.7. The smallest absolute Gasteiger partial charge is 0.322 e. The Morgan fingerprint density at radius 2 is 1.77 bits per heavy atom. The third-order valence-electron chi connectivity index (χ3n) is 5.47. The highest BCUT2D eigenvalue weighted by Crippen LogP contribution is 2.37. The number of hydrogen-bond acceptors (Lipinski definition) is 3. The number of benzene rings is 2. The number of nitrogens with one attached hydrogen (secondary N) is 1. The van der Waals surface area contributed by atoms with E-state index in [0.717, 1.165) is 5.56 Å². The van der Waals surface area contributed by atoms with Gasteiger partial charge in [-0.2, -0.15) is 0 Å². The van der Waals surface area contributed by atoms with Crippen LogP contribution in [0.5, 0.6) is 5.75 Å². The van der Waals surface area contributed by atoms with Gasteiger partial charge in [-0.05, 0) is 29.7 Å². The van der Waals surface area contributed by atoms with Crippen molar-refractivity contribution in [2.45, 2.75) is 40.7 Å². The van der Waals surface area contributed by atoms with Crippen molar-refractivity contribution in [3.63, 3.8) is 0 Å². The molecule has 166 valence electrons. The topological polar surface area (TPSA) is 61.9 Å². The third kappa shape index (κ3) is 5.01. The number of ether oxygens (including phenoxy) is 1. The number of nitrogens with zero attached hydrogens (tertiary/aromatic N) is 2. The van der Waals surface area contributed by atoms with Crippen LogP contribution in [0.3, 0.4) is 0 Å². The number of anilines is 2. The van der Waals surface area contributed by atoms with Gasteiger partial charge >= 0.3 is 6.03 Å². The predicted octanol–water partition coefficient (Wildman–Crippen LogP) is 5.32. The van der Waals surface area contributed by atoms with Crippen LogP contribution in [0.1, 0.15) is 46.2 Å². The molecule has 0 saturated heterocycles. The van der Waals surface area contributed by atoms with Crippen LogP contribution in [0.15, 0.2) is 48.5 Å². The molecule has 31 heavy (non-hydrogen) atoms. The lowest BCUT2D eigenvalue weighted by Gasteiger charge is -2.34. The fourth-order valence-electron chi connectivity index (χ4n) is 3.96. The number of urea groups is 1. The molecular formula is C25H33N3O3. The van der Waals surface area contributed by atoms with Gasteiger partial charge in [0, 0.05) is 18.2 Å². The molecule has 1 aliphatic heterocycles. The lowest BCUT2D eigenvalue weighted by atomic mass is 9.94. The molecule has 1 atom stereocenters. The lowest BCUT2D eigenvalue weighted by molar-refractivity contribution is -0.126. The quantitative estimate of drug-likeness (QED) is 0.724. The van der Waals surface area contributed by atoms with Gasteiger partial charge in [0.15, 0.2) is 0 Å². The van der Waals surface area contributed by atoms with Crippen LogP contribution in [-0.2, 0) is 4.79 Å². The third-order valence-corrected chi connectivity index (χ3v) is 5.47. The molecule has 0 radical (unpaired) electrons. The van der Waals surface area contributed by atoms with E-state index in [1.54, 1.807) is 9.80 Å². The first-order valence-electron chi connectivity index (χ1n) is 10.8. The Morgan fingerprint density at radius 3 is 2.39 bits per heavy atom. The SMILES string of the molecule is CC(C)C(c1ccccc1)N(C)C(=O)Nc1ccc2c(c1)N(C(=O)C(C)(C)C)CCO2. The normalized spacial score (nSPS) is 14.5. The Morgan fingerprint density at radius 1 is 1.10 bits per heavy atom. The zero-order chi connectivity index (χ0) is 22.8. The van der Waals surface area contributed by atoms with Gasteiger partial charge < -0.3 is 19.9 Å². The highest BCUT2D eigenvalue weighted by Gasteiger charge is 2.32. The Bertz CT molecular complexity index is 935. The van der Waals surface area contributed by atoms with E-state index in [1.165, 1.54) is 0 Å². The first-order valence-corrected chi connectivity index (χ1v) is 10.8. The van der Waals surface area contributed by atoms with Crippen LogP contribution in [-0.4, -0.2) is 37.0 Å². The van der Waals surface area contributed by atoms with Gasteiger partial charge in [-0.15, -0.1) is 0 Å². The van der Waals surface area contributed by atoms with E-state index in [-0.39, 0.29) is 23.9 Å². The molecule has 0 aliphatic carbocycles. The van der Waals surface area contributed by atoms with E-state index >= 15 is 0 Å². The monoisotopic (exact) mass is 423 g/mol. The molecule has 6 nitrogen and oxygen atoms in total. The summed E-state index contributed by atoms with van der Waals surface area (Å²) in [5.41, 5.74) is 1.91. The number of rotatable bonds is 4. The molecule has 1 aliphatic rings. The van der Waals surface area contributed by atoms with Crippen LogP contribution in [0.4, 0.5) is 16.2 Å². The van der Waals surface area contributed by atoms with E-state index < -0.39 is 5.41 Å². The van der Waals surface area contributed by atoms with Crippen LogP contribution < -0.4 is 15.0 Å². The second-order valence-corrected chi connectivity index (χ2v) is 9.38. The van der Waals surface area contributed by atoms with Gasteiger partial charge in [-0.3, -0.25) is 4.79 Å². The molecule has 1 N–H and O–H groups in total. The Hall–Kier alpha value is -3.02. The molecule has 1 unspecified atom stereocenters. The second-order valence-electron chi connectivity index (χ2n) is 9.38. The fraction of sp³-hybridized carbons (Fsp3) is 0.440. The van der Waals surface area contributed by atoms with Crippen LogP contribution in [0, 0.1) is 11.3 Å². The summed E-state index contributed by atoms with van der Waals surface area (Å²) in [5.74, 6) is 0.927. The number of carbonyl (C=O) groups excluding carboxylic acids is 2. The fourth-order valence-corrected chi connectivity index (χ4v) is 3.96. The van der Waals surface area contributed by atoms with Crippen LogP contribution in [0.2, 0.25) is 0 Å². The minimum atomic E-state index is -0.506. The van der Waals surface area contributed by atoms with Gasteiger partial charge in [-0.25, -0.2) is 4.79 Å². The minimum absolute atomic E-state index is 0.0293. The molecule has 6 heteroatoms. The summed E-state index contributed by atoms with van der Waals surface area (Å²) in [4.78, 5) is 29.5. The molecule has 0 saturated carbocycles. The standard InChI is InChI=1S/C25H33N3O3/c1-17(2)22(18-10-8-7-9-11-18)27(6)24(30)26-19-12-13-21-20(16-19)28(14-15-31-21)23(29)25(3,4)5/h7-13,16-17,22H,14-15H2,1-6H3,(H,26,30). The molecule has 2 aromatic rings. The average Bonchev–Trinajstić information content (AvgIpc) is 2.72. The Balaban J connectivity index is 1.83. The maximum absolute atomic E-state index is 13.1. The zero-order valence-electron chi connectivity index (χ0n) is 19.3. The van der Waals surface area contributed by atoms with E-state index in [1.807, 2.05) is 76.3 Å². The second kappa shape index (κ2) is 9.00. The molecule has 0 fully saturated rings. The highest BCUT2D eigenvalue weighted by molar-refractivity contribution is 6.00. The summed E-state index contributed by atoms with van der Waals surface area (Å²) in [6.45, 7) is 10.9. The van der Waals surface area contributed by atoms with Crippen molar-refractivity contribution in [2.75, 3.05) is 30.4 Å². The molecule has 0 spiro atoms. The van der Waals surface area contributed by atoms with Crippen molar-refractivity contribution in [3.8, 4) is 5.75 Å². The van der Waals surface area contributed by atoms with Gasteiger partial charge in [-0.1, -0.05) is 65.0 Å². The number of hydrogen-bond donors (Lipinski definition) is 1. The summed E-state index contributed by atoms with van der Waals surface area (Å²) < 4.78 is 5.73. The summed E-state index contributed by atoms with van der Waals surface area (Å²) in [6, 6.07) is 15.2. The van der Waals surface area contributed by atoms with Crippen molar-refractivity contribution in [1.82, 2.24) is 4.90 Å². The van der Waals surface area contributed by atoms with Gasteiger partial charge in [0.25, 0.3) is 0 Å². The van der Waals surface area contributed by atoms with Gasteiger partial charge in [0.1, 0.15) is 12.4 Å². The highest BCUT2D eigenvalue weighted by atomic mass is 16.5. The molecule has 2 aromatic carbocycles. The molecule has 3 amide bonds. The lowest BCUT2D eigenvalue weighted by Crippen LogP contribution is -2.44. The summed E-state index contributed by atoms with van der Waals surface area (Å²) in [7, 11) is 1.81. The van der Waals surface area contributed by atoms with E-state index in [2.05, 4.69) is 19.2 Å². The number of fused-ring (bicyclic) bond motifs is 1.